The highest BCUT2D eigenvalue weighted by atomic mass is 16.6. The third-order valence-electron chi connectivity index (χ3n) is 2.03. The first-order valence-electron chi connectivity index (χ1n) is 5.13. The Bertz CT molecular complexity index is 496. The van der Waals surface area contributed by atoms with E-state index < -0.39 is 6.09 Å². The van der Waals surface area contributed by atoms with Gasteiger partial charge in [0.05, 0.1) is 6.61 Å². The molecule has 2 rings (SSSR count). The van der Waals surface area contributed by atoms with Gasteiger partial charge < -0.3 is 4.74 Å². The molecular weight excluding hydrogens is 222 g/mol. The Hall–Kier alpha value is -2.37. The van der Waals surface area contributed by atoms with Gasteiger partial charge in [0.25, 0.3) is 0 Å². The van der Waals surface area contributed by atoms with Crippen LogP contribution in [0.3, 0.4) is 0 Å². The van der Waals surface area contributed by atoms with Crippen LogP contribution in [0.2, 0.25) is 0 Å². The maximum absolute atomic E-state index is 11.3. The molecule has 0 aliphatic rings. The molecule has 0 radical (unpaired) electrons. The lowest BCUT2D eigenvalue weighted by Gasteiger charge is -2.02. The van der Waals surface area contributed by atoms with Crippen LogP contribution in [0, 0.1) is 0 Å². The number of nitrogens with zero attached hydrogens (tertiary/aromatic N) is 2. The molecular formula is C11H11N3O3. The average Bonchev–Trinajstić information content (AvgIpc) is 2.78. The van der Waals surface area contributed by atoms with Gasteiger partial charge in [-0.25, -0.2) is 9.42 Å². The van der Waals surface area contributed by atoms with Crippen LogP contribution >= 0.6 is 0 Å². The van der Waals surface area contributed by atoms with E-state index in [4.69, 9.17) is 4.74 Å². The van der Waals surface area contributed by atoms with Crippen LogP contribution < -0.4 is 5.32 Å². The monoisotopic (exact) mass is 233 g/mol. The molecule has 0 atom stereocenters. The van der Waals surface area contributed by atoms with E-state index in [1.165, 1.54) is 0 Å². The summed E-state index contributed by atoms with van der Waals surface area (Å²) in [6.07, 6.45) is -0.583. The minimum atomic E-state index is -0.583. The number of hydrogen-bond acceptors (Lipinski definition) is 5. The van der Waals surface area contributed by atoms with Crippen LogP contribution in [0.1, 0.15) is 6.92 Å². The Morgan fingerprint density at radius 3 is 2.82 bits per heavy atom. The molecule has 1 amide bonds. The fraction of sp³-hybridized carbons (Fsp3) is 0.182. The van der Waals surface area contributed by atoms with E-state index >= 15 is 0 Å². The highest BCUT2D eigenvalue weighted by Gasteiger charge is 2.14. The molecule has 88 valence electrons. The molecule has 1 aromatic carbocycles. The van der Waals surface area contributed by atoms with Crippen LogP contribution in [0.5, 0.6) is 0 Å². The van der Waals surface area contributed by atoms with Gasteiger partial charge in [0.15, 0.2) is 5.69 Å². The first kappa shape index (κ1) is 11.1. The zero-order chi connectivity index (χ0) is 12.1. The molecule has 0 aliphatic heterocycles. The molecule has 1 aromatic heterocycles. The molecule has 0 fully saturated rings. The molecule has 0 saturated carbocycles. The number of anilines is 1. The summed E-state index contributed by atoms with van der Waals surface area (Å²) in [5, 5.41) is 9.82. The normalized spacial score (nSPS) is 9.94. The Morgan fingerprint density at radius 1 is 1.35 bits per heavy atom. The van der Waals surface area contributed by atoms with E-state index in [0.717, 1.165) is 5.56 Å². The largest absolute Gasteiger partial charge is 0.450 e. The van der Waals surface area contributed by atoms with Gasteiger partial charge >= 0.3 is 6.09 Å². The Morgan fingerprint density at radius 2 is 2.12 bits per heavy atom. The Labute approximate surface area is 97.5 Å². The highest BCUT2D eigenvalue weighted by Crippen LogP contribution is 2.23. The number of ether oxygens (including phenoxy) is 1. The summed E-state index contributed by atoms with van der Waals surface area (Å²) >= 11 is 0. The molecule has 17 heavy (non-hydrogen) atoms. The standard InChI is InChI=1S/C11H11N3O3/c1-2-16-11(15)12-10-9(13-17-14-10)8-6-4-3-5-7-8/h3-7H,2H2,1H3,(H,12,14,15). The maximum Gasteiger partial charge on any atom is 0.412 e. The van der Waals surface area contributed by atoms with Crippen LogP contribution in [0.25, 0.3) is 11.3 Å². The zero-order valence-corrected chi connectivity index (χ0v) is 9.21. The third kappa shape index (κ3) is 2.60. The van der Waals surface area contributed by atoms with Crippen LogP contribution in [-0.4, -0.2) is 23.0 Å². The van der Waals surface area contributed by atoms with E-state index in [1.807, 2.05) is 30.3 Å². The van der Waals surface area contributed by atoms with Crippen molar-refractivity contribution in [2.24, 2.45) is 0 Å². The lowest BCUT2D eigenvalue weighted by atomic mass is 10.1. The summed E-state index contributed by atoms with van der Waals surface area (Å²) in [5.41, 5.74) is 1.28. The number of rotatable bonds is 3. The van der Waals surface area contributed by atoms with Crippen molar-refractivity contribution in [2.75, 3.05) is 11.9 Å². The van der Waals surface area contributed by atoms with Gasteiger partial charge in [-0.1, -0.05) is 30.3 Å². The van der Waals surface area contributed by atoms with Gasteiger partial charge in [0.1, 0.15) is 0 Å². The predicted octanol–water partition coefficient (Wildman–Crippen LogP) is 2.30. The summed E-state index contributed by atoms with van der Waals surface area (Å²) < 4.78 is 9.36. The van der Waals surface area contributed by atoms with Crippen molar-refractivity contribution >= 4 is 11.9 Å². The molecule has 6 heteroatoms. The molecule has 1 heterocycles. The zero-order valence-electron chi connectivity index (χ0n) is 9.21. The summed E-state index contributed by atoms with van der Waals surface area (Å²) in [4.78, 5) is 11.3. The molecule has 0 unspecified atom stereocenters. The number of amides is 1. The minimum absolute atomic E-state index is 0.245. The van der Waals surface area contributed by atoms with Gasteiger partial charge in [0.2, 0.25) is 5.82 Å². The van der Waals surface area contributed by atoms with E-state index in [2.05, 4.69) is 20.3 Å². The minimum Gasteiger partial charge on any atom is -0.450 e. The van der Waals surface area contributed by atoms with Gasteiger partial charge in [-0.3, -0.25) is 5.32 Å². The van der Waals surface area contributed by atoms with Gasteiger partial charge in [-0.05, 0) is 17.2 Å². The van der Waals surface area contributed by atoms with Gasteiger partial charge in [0, 0.05) is 5.56 Å². The summed E-state index contributed by atoms with van der Waals surface area (Å²) in [6, 6.07) is 9.29. The molecule has 0 aliphatic carbocycles. The smallest absolute Gasteiger partial charge is 0.412 e. The Balaban J connectivity index is 2.20. The van der Waals surface area contributed by atoms with Crippen molar-refractivity contribution in [3.8, 4) is 11.3 Å². The van der Waals surface area contributed by atoms with Crippen molar-refractivity contribution in [1.29, 1.82) is 0 Å². The van der Waals surface area contributed by atoms with Crippen LogP contribution in [0.15, 0.2) is 35.0 Å². The average molecular weight is 233 g/mol. The molecule has 0 bridgehead atoms. The van der Waals surface area contributed by atoms with E-state index in [1.54, 1.807) is 6.92 Å². The van der Waals surface area contributed by atoms with Crippen molar-refractivity contribution in [1.82, 2.24) is 10.3 Å². The number of carbonyl (C=O) groups excluding carboxylic acids is 1. The number of benzene rings is 1. The molecule has 1 N–H and O–H groups in total. The molecule has 6 nitrogen and oxygen atoms in total. The van der Waals surface area contributed by atoms with Crippen molar-refractivity contribution < 1.29 is 14.2 Å². The van der Waals surface area contributed by atoms with Gasteiger partial charge in [-0.15, -0.1) is 0 Å². The first-order valence-corrected chi connectivity index (χ1v) is 5.13. The first-order chi connectivity index (χ1) is 8.31. The van der Waals surface area contributed by atoms with Gasteiger partial charge in [-0.2, -0.15) is 0 Å². The van der Waals surface area contributed by atoms with Crippen molar-refractivity contribution in [3.05, 3.63) is 30.3 Å². The van der Waals surface area contributed by atoms with E-state index in [0.29, 0.717) is 5.69 Å². The topological polar surface area (TPSA) is 77.2 Å². The quantitative estimate of drug-likeness (QED) is 0.880. The highest BCUT2D eigenvalue weighted by molar-refractivity contribution is 5.88. The number of hydrogen-bond donors (Lipinski definition) is 1. The second kappa shape index (κ2) is 5.11. The number of aromatic nitrogens is 2. The van der Waals surface area contributed by atoms with Crippen molar-refractivity contribution in [3.63, 3.8) is 0 Å². The summed E-state index contributed by atoms with van der Waals surface area (Å²) in [7, 11) is 0. The lowest BCUT2D eigenvalue weighted by Crippen LogP contribution is -2.14. The SMILES string of the molecule is CCOC(=O)Nc1nonc1-c1ccccc1. The molecule has 2 aromatic rings. The number of nitrogens with one attached hydrogen (secondary N) is 1. The van der Waals surface area contributed by atoms with Crippen molar-refractivity contribution in [2.45, 2.75) is 6.92 Å². The molecule has 0 saturated heterocycles. The number of carbonyl (C=O) groups is 1. The molecule has 0 spiro atoms. The fourth-order valence-corrected chi connectivity index (χ4v) is 1.32. The maximum atomic E-state index is 11.3. The predicted molar refractivity (Wildman–Crippen MR) is 60.4 cm³/mol. The van der Waals surface area contributed by atoms with Crippen LogP contribution in [0.4, 0.5) is 10.6 Å². The summed E-state index contributed by atoms with van der Waals surface area (Å²) in [6.45, 7) is 2.01. The second-order valence-electron chi connectivity index (χ2n) is 3.17. The Kier molecular flexibility index (Phi) is 3.34. The van der Waals surface area contributed by atoms with Crippen LogP contribution in [-0.2, 0) is 4.74 Å². The lowest BCUT2D eigenvalue weighted by molar-refractivity contribution is 0.167. The fourth-order valence-electron chi connectivity index (χ4n) is 1.32. The van der Waals surface area contributed by atoms with E-state index in [-0.39, 0.29) is 12.4 Å². The third-order valence-corrected chi connectivity index (χ3v) is 2.03. The second-order valence-corrected chi connectivity index (χ2v) is 3.17. The summed E-state index contributed by atoms with van der Waals surface area (Å²) in [5.74, 6) is 0.245. The van der Waals surface area contributed by atoms with E-state index in [9.17, 15) is 4.79 Å².